The fraction of sp³-hybridized carbons (Fsp3) is 0.405. The van der Waals surface area contributed by atoms with Crippen LogP contribution in [0.25, 0.3) is 38.8 Å². The van der Waals surface area contributed by atoms with Crippen molar-refractivity contribution in [1.82, 2.24) is 34.4 Å². The Kier molecular flexibility index (Phi) is 14.2. The maximum absolute atomic E-state index is 14.8. The number of alkyl halides is 1. The number of aryl methyl sites for hydroxylation is 2. The van der Waals surface area contributed by atoms with Gasteiger partial charge in [-0.1, -0.05) is 65.8 Å². The number of halogens is 3. The zero-order valence-corrected chi connectivity index (χ0v) is 33.5. The molecule has 2 aliphatic rings. The highest BCUT2D eigenvalue weighted by Gasteiger charge is 2.42. The minimum Gasteiger partial charge on any atom is -0.488 e. The van der Waals surface area contributed by atoms with E-state index in [0.717, 1.165) is 46.6 Å². The Labute approximate surface area is 327 Å². The molecule has 1 fully saturated rings. The van der Waals surface area contributed by atoms with E-state index in [1.807, 2.05) is 93.4 Å². The molecule has 6 aromatic rings. The van der Waals surface area contributed by atoms with E-state index in [1.165, 1.54) is 23.1 Å². The van der Waals surface area contributed by atoms with Gasteiger partial charge in [0.25, 0.3) is 0 Å². The van der Waals surface area contributed by atoms with Gasteiger partial charge >= 0.3 is 0 Å². The Morgan fingerprint density at radius 3 is 2.51 bits per heavy atom. The smallest absolute Gasteiger partial charge is 0.245 e. The number of rotatable bonds is 5. The third-order valence-electron chi connectivity index (χ3n) is 9.44. The van der Waals surface area contributed by atoms with E-state index in [9.17, 15) is 13.6 Å². The van der Waals surface area contributed by atoms with Crippen molar-refractivity contribution in [3.8, 4) is 22.6 Å². The number of hydrogen-bond acceptors (Lipinski definition) is 7. The van der Waals surface area contributed by atoms with Gasteiger partial charge < -0.3 is 14.5 Å². The first kappa shape index (κ1) is 41.1. The van der Waals surface area contributed by atoms with Crippen LogP contribution in [0.1, 0.15) is 66.5 Å². The summed E-state index contributed by atoms with van der Waals surface area (Å²) in [5.74, 6) is 0.110. The molecule has 1 unspecified atom stereocenters. The predicted molar refractivity (Wildman–Crippen MR) is 217 cm³/mol. The van der Waals surface area contributed by atoms with E-state index in [-0.39, 0.29) is 17.7 Å². The molecule has 0 saturated carbocycles. The van der Waals surface area contributed by atoms with Crippen molar-refractivity contribution in [3.63, 3.8) is 0 Å². The fourth-order valence-electron chi connectivity index (χ4n) is 7.24. The average Bonchev–Trinajstić information content (AvgIpc) is 3.93. The molecule has 13 heteroatoms. The maximum Gasteiger partial charge on any atom is 0.245 e. The molecule has 1 saturated heterocycles. The lowest BCUT2D eigenvalue weighted by Crippen LogP contribution is -2.47. The standard InChI is InChI=1S/C36H33ClF2N8O2.3C2H6/c1-44-31-10-4-14-45(15-5-13-37)36(48)32-18-25(49-24-7-2-6-22(16-24)26-8-3-9-29(43-44)33(26)31)20-46(32)34-27-19-42-47(35(27)41-21-40-34)30-12-11-23(38)17-28(30)39;3*1-2/h2-3,6-9,11-12,16-17,19,21,25,32H,4-5,10,13-15,18,20H2,1H3;3*1-2H3/t25?,32-;;;/m0.../s1. The zero-order valence-electron chi connectivity index (χ0n) is 32.8. The maximum atomic E-state index is 14.8. The minimum atomic E-state index is -0.771. The Morgan fingerprint density at radius 2 is 1.75 bits per heavy atom. The summed E-state index contributed by atoms with van der Waals surface area (Å²) in [5, 5.41) is 10.8. The van der Waals surface area contributed by atoms with Crippen molar-refractivity contribution in [2.24, 2.45) is 7.05 Å². The van der Waals surface area contributed by atoms with E-state index < -0.39 is 17.7 Å². The molecule has 4 bridgehead atoms. The molecule has 1 amide bonds. The van der Waals surface area contributed by atoms with Gasteiger partial charge in [-0.3, -0.25) is 9.48 Å². The third-order valence-corrected chi connectivity index (χ3v) is 9.71. The van der Waals surface area contributed by atoms with Crippen LogP contribution in [0.2, 0.25) is 0 Å². The van der Waals surface area contributed by atoms with Crippen LogP contribution in [-0.4, -0.2) is 78.0 Å². The molecule has 55 heavy (non-hydrogen) atoms. The summed E-state index contributed by atoms with van der Waals surface area (Å²) in [6.07, 6.45) is 5.12. The van der Waals surface area contributed by atoms with Gasteiger partial charge in [0.2, 0.25) is 5.91 Å². The normalized spacial score (nSPS) is 16.5. The molecule has 0 radical (unpaired) electrons. The second kappa shape index (κ2) is 19.0. The highest BCUT2D eigenvalue weighted by atomic mass is 35.5. The van der Waals surface area contributed by atoms with Gasteiger partial charge in [0.1, 0.15) is 41.5 Å². The lowest BCUT2D eigenvalue weighted by atomic mass is 9.98. The van der Waals surface area contributed by atoms with Crippen LogP contribution in [0.4, 0.5) is 14.6 Å². The number of benzene rings is 3. The Bertz CT molecular complexity index is 2210. The molecule has 292 valence electrons. The van der Waals surface area contributed by atoms with E-state index in [4.69, 9.17) is 21.4 Å². The van der Waals surface area contributed by atoms with E-state index in [0.29, 0.717) is 61.0 Å². The van der Waals surface area contributed by atoms with E-state index in [1.54, 1.807) is 6.20 Å². The number of carbonyl (C=O) groups is 1. The number of ether oxygens (including phenoxy) is 1. The average molecular weight is 773 g/mol. The number of fused-ring (bicyclic) bond motifs is 6. The van der Waals surface area contributed by atoms with Crippen LogP contribution in [0.15, 0.2) is 73.2 Å². The summed E-state index contributed by atoms with van der Waals surface area (Å²) < 4.78 is 38.4. The lowest BCUT2D eigenvalue weighted by Gasteiger charge is -2.31. The van der Waals surface area contributed by atoms with Gasteiger partial charge in [0.05, 0.1) is 23.6 Å². The third kappa shape index (κ3) is 8.44. The molecule has 0 spiro atoms. The molecule has 3 aromatic heterocycles. The number of carbonyl (C=O) groups excluding carboxylic acids is 1. The highest BCUT2D eigenvalue weighted by Crippen LogP contribution is 2.36. The van der Waals surface area contributed by atoms with Crippen LogP contribution >= 0.6 is 11.6 Å². The molecule has 8 rings (SSSR count). The second-order valence-corrected chi connectivity index (χ2v) is 12.9. The molecule has 3 aromatic carbocycles. The van der Waals surface area contributed by atoms with Crippen molar-refractivity contribution in [1.29, 1.82) is 0 Å². The monoisotopic (exact) mass is 772 g/mol. The Hall–Kier alpha value is -5.10. The summed E-state index contributed by atoms with van der Waals surface area (Å²) in [4.78, 5) is 27.5. The van der Waals surface area contributed by atoms with E-state index >= 15 is 0 Å². The topological polar surface area (TPSA) is 94.2 Å². The SMILES string of the molecule is CC.CC.CC.Cn1nc2cccc3c2c1CCCN(CCCCl)C(=O)[C@@H]1CC(CN1c1ncnc2c1cnn2-c1ccc(F)cc1F)Oc1cccc-3c1. The summed E-state index contributed by atoms with van der Waals surface area (Å²) in [6.45, 7) is 13.4. The zero-order chi connectivity index (χ0) is 39.6. The quantitative estimate of drug-likeness (QED) is 0.161. The molecule has 0 N–H and O–H groups in total. The first-order valence-electron chi connectivity index (χ1n) is 19.4. The molecule has 5 heterocycles. The summed E-state index contributed by atoms with van der Waals surface area (Å²) in [6, 6.07) is 16.9. The number of hydrogen-bond donors (Lipinski definition) is 0. The Balaban J connectivity index is 0.000000923. The van der Waals surface area contributed by atoms with Crippen LogP contribution in [0.3, 0.4) is 0 Å². The summed E-state index contributed by atoms with van der Waals surface area (Å²) in [5.41, 5.74) is 4.53. The molecule has 2 aliphatic heterocycles. The molecule has 2 atom stereocenters. The second-order valence-electron chi connectivity index (χ2n) is 12.5. The van der Waals surface area contributed by atoms with Gasteiger partial charge in [-0.05, 0) is 60.7 Å². The largest absolute Gasteiger partial charge is 0.488 e. The van der Waals surface area contributed by atoms with Gasteiger partial charge in [-0.2, -0.15) is 10.2 Å². The molecular weight excluding hydrogens is 722 g/mol. The van der Waals surface area contributed by atoms with Gasteiger partial charge in [0, 0.05) is 49.6 Å². The number of nitrogens with zero attached hydrogens (tertiary/aromatic N) is 8. The summed E-state index contributed by atoms with van der Waals surface area (Å²) in [7, 11) is 1.97. The Morgan fingerprint density at radius 1 is 0.964 bits per heavy atom. The number of amides is 1. The molecule has 10 nitrogen and oxygen atoms in total. The number of anilines is 1. The highest BCUT2D eigenvalue weighted by molar-refractivity contribution is 6.17. The van der Waals surface area contributed by atoms with Crippen molar-refractivity contribution < 1.29 is 18.3 Å². The van der Waals surface area contributed by atoms with Crippen molar-refractivity contribution in [3.05, 3.63) is 90.5 Å². The van der Waals surface area contributed by atoms with Crippen molar-refractivity contribution in [2.75, 3.05) is 30.4 Å². The fourth-order valence-corrected chi connectivity index (χ4v) is 7.36. The van der Waals surface area contributed by atoms with Crippen LogP contribution in [0.5, 0.6) is 5.75 Å². The minimum absolute atomic E-state index is 0.0425. The molecular formula is C42H51ClF2N8O2. The van der Waals surface area contributed by atoms with Crippen LogP contribution in [0, 0.1) is 11.6 Å². The van der Waals surface area contributed by atoms with Gasteiger partial charge in [-0.15, -0.1) is 11.6 Å². The van der Waals surface area contributed by atoms with Crippen LogP contribution in [-0.2, 0) is 18.3 Å². The van der Waals surface area contributed by atoms with Gasteiger partial charge in [-0.25, -0.2) is 23.4 Å². The summed E-state index contributed by atoms with van der Waals surface area (Å²) >= 11 is 6.14. The lowest BCUT2D eigenvalue weighted by molar-refractivity contribution is -0.132. The molecule has 0 aliphatic carbocycles. The van der Waals surface area contributed by atoms with Crippen molar-refractivity contribution in [2.45, 2.75) is 79.4 Å². The van der Waals surface area contributed by atoms with Crippen LogP contribution < -0.4 is 9.64 Å². The van der Waals surface area contributed by atoms with E-state index in [2.05, 4.69) is 27.2 Å². The first-order chi connectivity index (χ1) is 26.9. The van der Waals surface area contributed by atoms with Gasteiger partial charge in [0.15, 0.2) is 11.5 Å². The van der Waals surface area contributed by atoms with Crippen molar-refractivity contribution >= 4 is 45.3 Å². The predicted octanol–water partition coefficient (Wildman–Crippen LogP) is 9.16. The first-order valence-corrected chi connectivity index (χ1v) is 19.9. The number of aromatic nitrogens is 6.